The second-order valence-electron chi connectivity index (χ2n) is 3.76. The smallest absolute Gasteiger partial charge is 0.00866 e. The summed E-state index contributed by atoms with van der Waals surface area (Å²) >= 11 is 0. The third kappa shape index (κ3) is 3.78. The maximum Gasteiger partial charge on any atom is 0.00866 e. The minimum absolute atomic E-state index is 0.714. The molecule has 0 aromatic carbocycles. The molecule has 68 valence electrons. The molecule has 0 aliphatic heterocycles. The molecule has 1 unspecified atom stereocenters. The van der Waals surface area contributed by atoms with Crippen molar-refractivity contribution in [2.24, 2.45) is 5.92 Å². The number of nitrogens with one attached hydrogen (secondary N) is 1. The van der Waals surface area contributed by atoms with Crippen molar-refractivity contribution in [3.8, 4) is 12.3 Å². The van der Waals surface area contributed by atoms with Gasteiger partial charge >= 0.3 is 0 Å². The van der Waals surface area contributed by atoms with Crippen LogP contribution in [-0.4, -0.2) is 13.1 Å². The molecule has 0 heterocycles. The van der Waals surface area contributed by atoms with E-state index in [1.165, 1.54) is 32.1 Å². The zero-order valence-electron chi connectivity index (χ0n) is 7.97. The molecular weight excluding hydrogens is 146 g/mol. The van der Waals surface area contributed by atoms with E-state index in [1.807, 2.05) is 0 Å². The Morgan fingerprint density at radius 3 is 2.83 bits per heavy atom. The van der Waals surface area contributed by atoms with Gasteiger partial charge in [0, 0.05) is 12.5 Å². The zero-order valence-corrected chi connectivity index (χ0v) is 7.97. The fourth-order valence-electron chi connectivity index (χ4n) is 1.59. The van der Waals surface area contributed by atoms with E-state index in [9.17, 15) is 0 Å². The van der Waals surface area contributed by atoms with Crippen LogP contribution in [0.2, 0.25) is 0 Å². The normalized spacial score (nSPS) is 18.7. The first-order valence-electron chi connectivity index (χ1n) is 4.97. The average molecular weight is 165 g/mol. The van der Waals surface area contributed by atoms with Crippen molar-refractivity contribution in [2.75, 3.05) is 7.05 Å². The van der Waals surface area contributed by atoms with Gasteiger partial charge in [-0.25, -0.2) is 0 Å². The Morgan fingerprint density at radius 1 is 1.58 bits per heavy atom. The Labute approximate surface area is 75.9 Å². The average Bonchev–Trinajstić information content (AvgIpc) is 2.87. The molecule has 1 aliphatic rings. The molecule has 12 heavy (non-hydrogen) atoms. The van der Waals surface area contributed by atoms with E-state index in [2.05, 4.69) is 18.3 Å². The summed E-state index contributed by atoms with van der Waals surface area (Å²) in [5.41, 5.74) is 0. The quantitative estimate of drug-likeness (QED) is 0.470. The maximum atomic E-state index is 5.20. The van der Waals surface area contributed by atoms with Crippen LogP contribution in [0.25, 0.3) is 0 Å². The molecular formula is C11H19N. The lowest BCUT2D eigenvalue weighted by atomic mass is 10.0. The van der Waals surface area contributed by atoms with Gasteiger partial charge in [-0.3, -0.25) is 0 Å². The van der Waals surface area contributed by atoms with Gasteiger partial charge in [0.15, 0.2) is 0 Å². The highest BCUT2D eigenvalue weighted by Gasteiger charge is 2.24. The maximum absolute atomic E-state index is 5.20. The van der Waals surface area contributed by atoms with Crippen LogP contribution < -0.4 is 5.32 Å². The van der Waals surface area contributed by atoms with Crippen molar-refractivity contribution < 1.29 is 0 Å². The molecule has 0 amide bonds. The minimum Gasteiger partial charge on any atom is -0.317 e. The van der Waals surface area contributed by atoms with E-state index in [0.29, 0.717) is 6.04 Å². The second kappa shape index (κ2) is 5.22. The summed E-state index contributed by atoms with van der Waals surface area (Å²) in [5, 5.41) is 3.36. The van der Waals surface area contributed by atoms with E-state index in [-0.39, 0.29) is 0 Å². The van der Waals surface area contributed by atoms with Crippen molar-refractivity contribution in [3.05, 3.63) is 0 Å². The lowest BCUT2D eigenvalue weighted by molar-refractivity contribution is 0.454. The van der Waals surface area contributed by atoms with Gasteiger partial charge in [0.25, 0.3) is 0 Å². The molecule has 1 rings (SSSR count). The minimum atomic E-state index is 0.714. The van der Waals surface area contributed by atoms with Gasteiger partial charge in [0.1, 0.15) is 0 Å². The Bertz CT molecular complexity index is 153. The van der Waals surface area contributed by atoms with Crippen LogP contribution in [0.1, 0.15) is 38.5 Å². The van der Waals surface area contributed by atoms with Crippen LogP contribution in [0.5, 0.6) is 0 Å². The Balaban J connectivity index is 2.03. The zero-order chi connectivity index (χ0) is 8.81. The first-order chi connectivity index (χ1) is 5.86. The third-order valence-electron chi connectivity index (χ3n) is 2.60. The van der Waals surface area contributed by atoms with E-state index in [4.69, 9.17) is 6.42 Å². The second-order valence-corrected chi connectivity index (χ2v) is 3.76. The van der Waals surface area contributed by atoms with E-state index < -0.39 is 0 Å². The first kappa shape index (κ1) is 9.61. The fourth-order valence-corrected chi connectivity index (χ4v) is 1.59. The lowest BCUT2D eigenvalue weighted by Gasteiger charge is -2.14. The highest BCUT2D eigenvalue weighted by atomic mass is 14.9. The summed E-state index contributed by atoms with van der Waals surface area (Å²) in [6.45, 7) is 0. The molecule has 0 spiro atoms. The van der Waals surface area contributed by atoms with Crippen LogP contribution in [0, 0.1) is 18.3 Å². The Hall–Kier alpha value is -0.480. The molecule has 0 radical (unpaired) electrons. The van der Waals surface area contributed by atoms with Gasteiger partial charge in [-0.15, -0.1) is 12.3 Å². The molecule has 1 atom stereocenters. The lowest BCUT2D eigenvalue weighted by Crippen LogP contribution is -2.25. The van der Waals surface area contributed by atoms with Crippen LogP contribution >= 0.6 is 0 Å². The molecule has 1 aliphatic carbocycles. The highest BCUT2D eigenvalue weighted by Crippen LogP contribution is 2.34. The van der Waals surface area contributed by atoms with E-state index >= 15 is 0 Å². The topological polar surface area (TPSA) is 12.0 Å². The van der Waals surface area contributed by atoms with Crippen molar-refractivity contribution in [2.45, 2.75) is 44.6 Å². The SMILES string of the molecule is C#CCCCC(CC1CC1)NC. The number of unbranched alkanes of at least 4 members (excludes halogenated alkanes) is 1. The monoisotopic (exact) mass is 165 g/mol. The number of hydrogen-bond donors (Lipinski definition) is 1. The van der Waals surface area contributed by atoms with Gasteiger partial charge < -0.3 is 5.32 Å². The van der Waals surface area contributed by atoms with Crippen molar-refractivity contribution >= 4 is 0 Å². The van der Waals surface area contributed by atoms with Gasteiger partial charge in [-0.1, -0.05) is 12.8 Å². The van der Waals surface area contributed by atoms with Gasteiger partial charge in [0.05, 0.1) is 0 Å². The largest absolute Gasteiger partial charge is 0.317 e. The summed E-state index contributed by atoms with van der Waals surface area (Å²) in [7, 11) is 2.06. The predicted molar refractivity (Wildman–Crippen MR) is 52.9 cm³/mol. The number of rotatable bonds is 6. The van der Waals surface area contributed by atoms with Crippen LogP contribution in [0.3, 0.4) is 0 Å². The van der Waals surface area contributed by atoms with Gasteiger partial charge in [0.2, 0.25) is 0 Å². The predicted octanol–water partition coefficient (Wildman–Crippen LogP) is 2.18. The highest BCUT2D eigenvalue weighted by molar-refractivity contribution is 4.85. The van der Waals surface area contributed by atoms with Crippen LogP contribution in [0.4, 0.5) is 0 Å². The number of hydrogen-bond acceptors (Lipinski definition) is 1. The third-order valence-corrected chi connectivity index (χ3v) is 2.60. The molecule has 1 fully saturated rings. The molecule has 0 bridgehead atoms. The summed E-state index contributed by atoms with van der Waals surface area (Å²) in [6, 6.07) is 0.714. The Morgan fingerprint density at radius 2 is 2.33 bits per heavy atom. The summed E-state index contributed by atoms with van der Waals surface area (Å²) in [4.78, 5) is 0. The standard InChI is InChI=1S/C11H19N/c1-3-4-5-6-11(12-2)9-10-7-8-10/h1,10-12H,4-9H2,2H3. The molecule has 1 heteroatoms. The molecule has 0 aromatic heterocycles. The molecule has 1 saturated carbocycles. The van der Waals surface area contributed by atoms with E-state index in [0.717, 1.165) is 12.3 Å². The Kier molecular flexibility index (Phi) is 4.18. The molecule has 0 aromatic rings. The summed E-state index contributed by atoms with van der Waals surface area (Å²) < 4.78 is 0. The molecule has 1 nitrogen and oxygen atoms in total. The molecule has 1 N–H and O–H groups in total. The van der Waals surface area contributed by atoms with Crippen LogP contribution in [0.15, 0.2) is 0 Å². The van der Waals surface area contributed by atoms with Crippen molar-refractivity contribution in [1.82, 2.24) is 5.32 Å². The van der Waals surface area contributed by atoms with E-state index in [1.54, 1.807) is 0 Å². The van der Waals surface area contributed by atoms with Gasteiger partial charge in [-0.05, 0) is 32.2 Å². The van der Waals surface area contributed by atoms with Crippen LogP contribution in [-0.2, 0) is 0 Å². The number of terminal acetylenes is 1. The summed E-state index contributed by atoms with van der Waals surface area (Å²) in [5.74, 6) is 3.71. The summed E-state index contributed by atoms with van der Waals surface area (Å²) in [6.07, 6.45) is 12.8. The fraction of sp³-hybridized carbons (Fsp3) is 0.818. The van der Waals surface area contributed by atoms with Crippen molar-refractivity contribution in [3.63, 3.8) is 0 Å². The van der Waals surface area contributed by atoms with Crippen molar-refractivity contribution in [1.29, 1.82) is 0 Å². The molecule has 0 saturated heterocycles. The van der Waals surface area contributed by atoms with Gasteiger partial charge in [-0.2, -0.15) is 0 Å². The first-order valence-corrected chi connectivity index (χ1v) is 4.97.